The molecule has 2 aromatic rings. The lowest BCUT2D eigenvalue weighted by molar-refractivity contribution is 0.0951. The van der Waals surface area contributed by atoms with Crippen LogP contribution in [0.15, 0.2) is 24.4 Å². The van der Waals surface area contributed by atoms with E-state index in [1.807, 2.05) is 0 Å². The van der Waals surface area contributed by atoms with Crippen LogP contribution in [-0.4, -0.2) is 17.4 Å². The number of pyridine rings is 1. The van der Waals surface area contributed by atoms with Gasteiger partial charge in [0.05, 0.1) is 6.54 Å². The van der Waals surface area contributed by atoms with Crippen molar-refractivity contribution in [2.75, 3.05) is 11.9 Å². The second-order valence-electron chi connectivity index (χ2n) is 4.99. The van der Waals surface area contributed by atoms with E-state index in [1.54, 1.807) is 29.7 Å². The van der Waals surface area contributed by atoms with Gasteiger partial charge in [0.25, 0.3) is 5.91 Å². The molecule has 21 heavy (non-hydrogen) atoms. The number of nitrogens with zero attached hydrogens (tertiary/aromatic N) is 1. The number of aromatic nitrogens is 1. The maximum Gasteiger partial charge on any atom is 0.251 e. The van der Waals surface area contributed by atoms with E-state index in [4.69, 9.17) is 0 Å². The van der Waals surface area contributed by atoms with E-state index in [0.29, 0.717) is 12.1 Å². The van der Waals surface area contributed by atoms with Crippen molar-refractivity contribution in [1.29, 1.82) is 0 Å². The lowest BCUT2D eigenvalue weighted by Gasteiger charge is -2.07. The third-order valence-electron chi connectivity index (χ3n) is 3.22. The number of amides is 1. The largest absolute Gasteiger partial charge is 0.370 e. The molecule has 0 spiro atoms. The fraction of sp³-hybridized carbons (Fsp3) is 0.375. The average Bonchev–Trinajstić information content (AvgIpc) is 2.81. The third-order valence-corrected chi connectivity index (χ3v) is 4.37. The molecule has 2 rings (SSSR count). The Balaban J connectivity index is 1.96. The van der Waals surface area contributed by atoms with Gasteiger partial charge in [0, 0.05) is 28.1 Å². The molecule has 4 nitrogen and oxygen atoms in total. The van der Waals surface area contributed by atoms with Crippen LogP contribution in [0.2, 0.25) is 0 Å². The van der Waals surface area contributed by atoms with Crippen LogP contribution in [-0.2, 0) is 6.54 Å². The van der Waals surface area contributed by atoms with Gasteiger partial charge in [0.1, 0.15) is 5.82 Å². The van der Waals surface area contributed by atoms with E-state index in [9.17, 15) is 4.79 Å². The van der Waals surface area contributed by atoms with Crippen LogP contribution in [0, 0.1) is 13.8 Å². The number of carbonyl (C=O) groups is 1. The Bertz CT molecular complexity index is 602. The number of carbonyl (C=O) groups excluding carboxylic acids is 1. The minimum absolute atomic E-state index is 0.0688. The molecule has 0 unspecified atom stereocenters. The number of anilines is 1. The number of hydrogen-bond acceptors (Lipinski definition) is 4. The molecule has 2 N–H and O–H groups in total. The lowest BCUT2D eigenvalue weighted by atomic mass is 10.2. The first-order chi connectivity index (χ1) is 10.1. The molecule has 0 saturated heterocycles. The van der Waals surface area contributed by atoms with Crippen LogP contribution in [0.1, 0.15) is 39.0 Å². The zero-order valence-electron chi connectivity index (χ0n) is 12.7. The van der Waals surface area contributed by atoms with Crippen molar-refractivity contribution in [3.8, 4) is 0 Å². The van der Waals surface area contributed by atoms with E-state index >= 15 is 0 Å². The standard InChI is InChI=1S/C16H21N3OS/c1-4-6-17-15-9-13(5-7-18-15)16(20)19-10-14-8-11(2)12(3)21-14/h5,7-9H,4,6,10H2,1-3H3,(H,17,18)(H,19,20). The van der Waals surface area contributed by atoms with Gasteiger partial charge in [0.2, 0.25) is 0 Å². The highest BCUT2D eigenvalue weighted by atomic mass is 32.1. The second kappa shape index (κ2) is 7.22. The summed E-state index contributed by atoms with van der Waals surface area (Å²) in [4.78, 5) is 18.9. The van der Waals surface area contributed by atoms with Crippen LogP contribution in [0.5, 0.6) is 0 Å². The first kappa shape index (κ1) is 15.5. The van der Waals surface area contributed by atoms with Crippen LogP contribution < -0.4 is 10.6 Å². The Hall–Kier alpha value is -1.88. The minimum Gasteiger partial charge on any atom is -0.370 e. The molecule has 112 valence electrons. The molecule has 0 bridgehead atoms. The zero-order chi connectivity index (χ0) is 15.2. The van der Waals surface area contributed by atoms with Gasteiger partial charge in [-0.1, -0.05) is 6.92 Å². The summed E-state index contributed by atoms with van der Waals surface area (Å²) in [7, 11) is 0. The molecule has 0 aliphatic heterocycles. The summed E-state index contributed by atoms with van der Waals surface area (Å²) in [6.07, 6.45) is 2.68. The van der Waals surface area contributed by atoms with Crippen LogP contribution in [0.25, 0.3) is 0 Å². The highest BCUT2D eigenvalue weighted by Gasteiger charge is 2.08. The van der Waals surface area contributed by atoms with Gasteiger partial charge in [-0.15, -0.1) is 11.3 Å². The van der Waals surface area contributed by atoms with Gasteiger partial charge < -0.3 is 10.6 Å². The molecule has 1 amide bonds. The summed E-state index contributed by atoms with van der Waals surface area (Å²) in [6.45, 7) is 7.70. The van der Waals surface area contributed by atoms with Crippen molar-refractivity contribution in [2.45, 2.75) is 33.7 Å². The molecule has 0 fully saturated rings. The first-order valence-corrected chi connectivity index (χ1v) is 7.96. The molecule has 5 heteroatoms. The van der Waals surface area contributed by atoms with Crippen molar-refractivity contribution in [2.24, 2.45) is 0 Å². The maximum absolute atomic E-state index is 12.2. The smallest absolute Gasteiger partial charge is 0.251 e. The summed E-state index contributed by atoms with van der Waals surface area (Å²) in [6, 6.07) is 5.65. The molecule has 0 atom stereocenters. The predicted octanol–water partition coefficient (Wildman–Crippen LogP) is 3.51. The highest BCUT2D eigenvalue weighted by Crippen LogP contribution is 2.20. The highest BCUT2D eigenvalue weighted by molar-refractivity contribution is 7.12. The molecule has 0 aliphatic carbocycles. The van der Waals surface area contributed by atoms with Gasteiger partial charge in [-0.25, -0.2) is 4.98 Å². The Kier molecular flexibility index (Phi) is 5.33. The van der Waals surface area contributed by atoms with Crippen LogP contribution in [0.4, 0.5) is 5.82 Å². The van der Waals surface area contributed by atoms with Crippen molar-refractivity contribution >= 4 is 23.1 Å². The van der Waals surface area contributed by atoms with Crippen molar-refractivity contribution in [1.82, 2.24) is 10.3 Å². The second-order valence-corrected chi connectivity index (χ2v) is 6.33. The first-order valence-electron chi connectivity index (χ1n) is 7.14. The van der Waals surface area contributed by atoms with Gasteiger partial charge in [-0.05, 0) is 44.0 Å². The SMILES string of the molecule is CCCNc1cc(C(=O)NCc2cc(C)c(C)s2)ccn1. The van der Waals surface area contributed by atoms with Crippen molar-refractivity contribution in [3.05, 3.63) is 45.3 Å². The summed E-state index contributed by atoms with van der Waals surface area (Å²) in [5, 5.41) is 6.14. The fourth-order valence-corrected chi connectivity index (χ4v) is 2.92. The predicted molar refractivity (Wildman–Crippen MR) is 88.0 cm³/mol. The monoisotopic (exact) mass is 303 g/mol. The van der Waals surface area contributed by atoms with Crippen LogP contribution >= 0.6 is 11.3 Å². The average molecular weight is 303 g/mol. The molecule has 0 aliphatic rings. The van der Waals surface area contributed by atoms with Crippen LogP contribution in [0.3, 0.4) is 0 Å². The Morgan fingerprint density at radius 2 is 2.14 bits per heavy atom. The number of aryl methyl sites for hydroxylation is 2. The van der Waals surface area contributed by atoms with E-state index in [0.717, 1.165) is 18.8 Å². The maximum atomic E-state index is 12.2. The number of thiophene rings is 1. The molecule has 2 heterocycles. The lowest BCUT2D eigenvalue weighted by Crippen LogP contribution is -2.22. The fourth-order valence-electron chi connectivity index (χ4n) is 1.93. The summed E-state index contributed by atoms with van der Waals surface area (Å²) < 4.78 is 0. The number of nitrogens with one attached hydrogen (secondary N) is 2. The zero-order valence-corrected chi connectivity index (χ0v) is 13.5. The van der Waals surface area contributed by atoms with E-state index in [-0.39, 0.29) is 5.91 Å². The van der Waals surface area contributed by atoms with Crippen molar-refractivity contribution < 1.29 is 4.79 Å². The summed E-state index contributed by atoms with van der Waals surface area (Å²) >= 11 is 1.73. The molecule has 0 aromatic carbocycles. The minimum atomic E-state index is -0.0688. The normalized spacial score (nSPS) is 10.4. The Morgan fingerprint density at radius 1 is 1.33 bits per heavy atom. The number of hydrogen-bond donors (Lipinski definition) is 2. The van der Waals surface area contributed by atoms with E-state index in [2.05, 4.69) is 42.5 Å². The number of rotatable bonds is 6. The van der Waals surface area contributed by atoms with E-state index in [1.165, 1.54) is 15.3 Å². The van der Waals surface area contributed by atoms with Gasteiger partial charge in [-0.3, -0.25) is 4.79 Å². The van der Waals surface area contributed by atoms with E-state index < -0.39 is 0 Å². The van der Waals surface area contributed by atoms with Gasteiger partial charge in [0.15, 0.2) is 0 Å². The summed E-state index contributed by atoms with van der Waals surface area (Å²) in [5.74, 6) is 0.674. The summed E-state index contributed by atoms with van der Waals surface area (Å²) in [5.41, 5.74) is 1.91. The molecular formula is C16H21N3OS. The molecule has 2 aromatic heterocycles. The topological polar surface area (TPSA) is 54.0 Å². The third kappa shape index (κ3) is 4.29. The van der Waals surface area contributed by atoms with Crippen molar-refractivity contribution in [3.63, 3.8) is 0 Å². The molecule has 0 radical (unpaired) electrons. The quantitative estimate of drug-likeness (QED) is 0.858. The molecular weight excluding hydrogens is 282 g/mol. The van der Waals surface area contributed by atoms with Gasteiger partial charge >= 0.3 is 0 Å². The molecule has 0 saturated carbocycles. The Morgan fingerprint density at radius 3 is 2.81 bits per heavy atom. The van der Waals surface area contributed by atoms with Gasteiger partial charge in [-0.2, -0.15) is 0 Å². The Labute approximate surface area is 129 Å².